The molecule has 0 aromatic heterocycles. The summed E-state index contributed by atoms with van der Waals surface area (Å²) in [6.45, 7) is 1.37. The molecule has 0 saturated carbocycles. The molecule has 0 saturated heterocycles. The Morgan fingerprint density at radius 1 is 1.44 bits per heavy atom. The molecule has 0 aliphatic carbocycles. The summed E-state index contributed by atoms with van der Waals surface area (Å²) in [5.74, 6) is -0.851. The summed E-state index contributed by atoms with van der Waals surface area (Å²) in [7, 11) is -3.56. The molecule has 2 atom stereocenters. The van der Waals surface area contributed by atoms with Gasteiger partial charge in [0.25, 0.3) is 0 Å². The van der Waals surface area contributed by atoms with E-state index < -0.39 is 19.7 Å². The van der Waals surface area contributed by atoms with Crippen LogP contribution in [0, 0.1) is 0 Å². The van der Waals surface area contributed by atoms with Gasteiger partial charge < -0.3 is 15.4 Å². The summed E-state index contributed by atoms with van der Waals surface area (Å²) in [6, 6.07) is 8.42. The van der Waals surface area contributed by atoms with Crippen LogP contribution < -0.4 is 10.3 Å². The van der Waals surface area contributed by atoms with Crippen molar-refractivity contribution in [1.82, 2.24) is 0 Å². The molecular formula is C11H16NO5P. The van der Waals surface area contributed by atoms with Gasteiger partial charge >= 0.3 is 13.6 Å². The van der Waals surface area contributed by atoms with Gasteiger partial charge in [0.1, 0.15) is 5.75 Å². The molecule has 0 aliphatic heterocycles. The summed E-state index contributed by atoms with van der Waals surface area (Å²) >= 11 is 0. The van der Waals surface area contributed by atoms with E-state index in [0.29, 0.717) is 5.75 Å². The van der Waals surface area contributed by atoms with Crippen molar-refractivity contribution in [3.63, 3.8) is 0 Å². The average molecular weight is 273 g/mol. The van der Waals surface area contributed by atoms with Gasteiger partial charge in [0, 0.05) is 6.54 Å². The first kappa shape index (κ1) is 14.7. The second kappa shape index (κ2) is 6.54. The molecule has 0 heterocycles. The Kier molecular flexibility index (Phi) is 5.34. The molecule has 100 valence electrons. The van der Waals surface area contributed by atoms with E-state index in [-0.39, 0.29) is 12.7 Å². The van der Waals surface area contributed by atoms with Crippen molar-refractivity contribution in [2.75, 3.05) is 12.7 Å². The third-order valence-electron chi connectivity index (χ3n) is 2.06. The Balaban J connectivity index is 2.80. The van der Waals surface area contributed by atoms with E-state index in [2.05, 4.69) is 0 Å². The lowest BCUT2D eigenvalue weighted by molar-refractivity contribution is -0.144. The SMILES string of the molecule is CC(OP(=O)(CCN)Oc1ccccc1)C(=O)O. The number of hydrogen-bond acceptors (Lipinski definition) is 5. The maximum Gasteiger partial charge on any atom is 0.381 e. The van der Waals surface area contributed by atoms with E-state index in [9.17, 15) is 9.36 Å². The van der Waals surface area contributed by atoms with Gasteiger partial charge in [-0.2, -0.15) is 0 Å². The molecule has 7 heteroatoms. The van der Waals surface area contributed by atoms with Gasteiger partial charge in [-0.3, -0.25) is 4.52 Å². The maximum atomic E-state index is 12.3. The van der Waals surface area contributed by atoms with Gasteiger partial charge in [0.2, 0.25) is 0 Å². The monoisotopic (exact) mass is 273 g/mol. The number of rotatable bonds is 7. The van der Waals surface area contributed by atoms with E-state index in [0.717, 1.165) is 0 Å². The fourth-order valence-electron chi connectivity index (χ4n) is 1.21. The van der Waals surface area contributed by atoms with Crippen molar-refractivity contribution in [3.8, 4) is 5.75 Å². The highest BCUT2D eigenvalue weighted by Gasteiger charge is 2.30. The molecule has 3 N–H and O–H groups in total. The number of carboxylic acid groups (broad SMARTS) is 1. The third-order valence-corrected chi connectivity index (χ3v) is 3.99. The molecule has 0 spiro atoms. The first-order valence-corrected chi connectivity index (χ1v) is 7.14. The summed E-state index contributed by atoms with van der Waals surface area (Å²) in [4.78, 5) is 10.7. The number of aliphatic carboxylic acids is 1. The van der Waals surface area contributed by atoms with Crippen LogP contribution in [0.2, 0.25) is 0 Å². The van der Waals surface area contributed by atoms with E-state index in [4.69, 9.17) is 19.9 Å². The van der Waals surface area contributed by atoms with Crippen molar-refractivity contribution >= 4 is 13.6 Å². The van der Waals surface area contributed by atoms with Gasteiger partial charge in [-0.25, -0.2) is 9.36 Å². The van der Waals surface area contributed by atoms with E-state index in [1.807, 2.05) is 0 Å². The summed E-state index contributed by atoms with van der Waals surface area (Å²) in [6.07, 6.45) is -1.26. The lowest BCUT2D eigenvalue weighted by atomic mass is 10.3. The van der Waals surface area contributed by atoms with Crippen LogP contribution in [0.3, 0.4) is 0 Å². The van der Waals surface area contributed by atoms with Crippen LogP contribution in [0.15, 0.2) is 30.3 Å². The number of para-hydroxylation sites is 1. The maximum absolute atomic E-state index is 12.3. The zero-order valence-electron chi connectivity index (χ0n) is 9.98. The van der Waals surface area contributed by atoms with Gasteiger partial charge in [0.15, 0.2) is 6.10 Å². The lowest BCUT2D eigenvalue weighted by Gasteiger charge is -2.20. The fourth-order valence-corrected chi connectivity index (χ4v) is 2.78. The summed E-state index contributed by atoms with van der Waals surface area (Å²) < 4.78 is 22.6. The molecule has 0 fully saturated rings. The van der Waals surface area contributed by atoms with Gasteiger partial charge in [-0.05, 0) is 19.1 Å². The first-order chi connectivity index (χ1) is 8.47. The highest BCUT2D eigenvalue weighted by molar-refractivity contribution is 7.54. The highest BCUT2D eigenvalue weighted by atomic mass is 31.2. The molecule has 0 radical (unpaired) electrons. The van der Waals surface area contributed by atoms with Crippen LogP contribution in [-0.2, 0) is 13.9 Å². The van der Waals surface area contributed by atoms with Gasteiger partial charge in [-0.1, -0.05) is 18.2 Å². The van der Waals surface area contributed by atoms with Crippen molar-refractivity contribution in [2.45, 2.75) is 13.0 Å². The van der Waals surface area contributed by atoms with Crippen LogP contribution in [0.5, 0.6) is 5.75 Å². The minimum atomic E-state index is -3.56. The number of carbonyl (C=O) groups is 1. The van der Waals surface area contributed by atoms with Crippen LogP contribution in [0.25, 0.3) is 0 Å². The quantitative estimate of drug-likeness (QED) is 0.734. The molecule has 0 aliphatic rings. The summed E-state index contributed by atoms with van der Waals surface area (Å²) in [5.41, 5.74) is 5.34. The molecule has 2 unspecified atom stereocenters. The Labute approximate surface area is 105 Å². The number of benzene rings is 1. The normalized spacial score (nSPS) is 15.7. The average Bonchev–Trinajstić information content (AvgIpc) is 2.29. The molecule has 18 heavy (non-hydrogen) atoms. The van der Waals surface area contributed by atoms with Crippen LogP contribution >= 0.6 is 7.60 Å². The minimum Gasteiger partial charge on any atom is -0.479 e. The molecular weight excluding hydrogens is 257 g/mol. The second-order valence-corrected chi connectivity index (χ2v) is 5.68. The molecule has 1 aromatic rings. The zero-order valence-corrected chi connectivity index (χ0v) is 10.9. The molecule has 0 amide bonds. The van der Waals surface area contributed by atoms with Crippen molar-refractivity contribution in [3.05, 3.63) is 30.3 Å². The third kappa shape index (κ3) is 4.49. The number of carboxylic acids is 1. The van der Waals surface area contributed by atoms with E-state index >= 15 is 0 Å². The van der Waals surface area contributed by atoms with E-state index in [1.165, 1.54) is 6.92 Å². The molecule has 1 rings (SSSR count). The second-order valence-electron chi connectivity index (χ2n) is 3.61. The minimum absolute atomic E-state index is 0.0421. The standard InChI is InChI=1S/C11H16NO5P/c1-9(11(13)14)16-18(15,8-7-12)17-10-5-3-2-4-6-10/h2-6,9H,7-8,12H2,1H3,(H,13,14). The van der Waals surface area contributed by atoms with Crippen molar-refractivity contribution in [1.29, 1.82) is 0 Å². The summed E-state index contributed by atoms with van der Waals surface area (Å²) in [5, 5.41) is 8.75. The Morgan fingerprint density at radius 3 is 2.56 bits per heavy atom. The number of nitrogens with two attached hydrogens (primary N) is 1. The molecule has 6 nitrogen and oxygen atoms in total. The molecule has 1 aromatic carbocycles. The first-order valence-electron chi connectivity index (χ1n) is 5.42. The van der Waals surface area contributed by atoms with Crippen LogP contribution in [0.1, 0.15) is 6.92 Å². The van der Waals surface area contributed by atoms with E-state index in [1.54, 1.807) is 30.3 Å². The predicted octanol–water partition coefficient (Wildman–Crippen LogP) is 1.71. The smallest absolute Gasteiger partial charge is 0.381 e. The van der Waals surface area contributed by atoms with Gasteiger partial charge in [-0.15, -0.1) is 0 Å². The van der Waals surface area contributed by atoms with Gasteiger partial charge in [0.05, 0.1) is 6.16 Å². The van der Waals surface area contributed by atoms with Crippen molar-refractivity contribution in [2.24, 2.45) is 5.73 Å². The zero-order chi connectivity index (χ0) is 13.6. The van der Waals surface area contributed by atoms with Crippen molar-refractivity contribution < 1.29 is 23.5 Å². The Bertz CT molecular complexity index is 436. The Morgan fingerprint density at radius 2 is 2.06 bits per heavy atom. The lowest BCUT2D eigenvalue weighted by Crippen LogP contribution is -2.22. The highest BCUT2D eigenvalue weighted by Crippen LogP contribution is 2.48. The number of hydrogen-bond donors (Lipinski definition) is 2. The van der Waals surface area contributed by atoms with Crippen LogP contribution in [0.4, 0.5) is 0 Å². The Hall–Kier alpha value is -1.36. The molecule has 0 bridgehead atoms. The fraction of sp³-hybridized carbons (Fsp3) is 0.364. The van der Waals surface area contributed by atoms with Crippen LogP contribution in [-0.4, -0.2) is 29.9 Å². The predicted molar refractivity (Wildman–Crippen MR) is 66.8 cm³/mol. The largest absolute Gasteiger partial charge is 0.479 e. The topological polar surface area (TPSA) is 98.9 Å².